The van der Waals surface area contributed by atoms with E-state index >= 15 is 0 Å². The Kier molecular flexibility index (Phi) is 6.63. The first kappa shape index (κ1) is 25.2. The predicted octanol–water partition coefficient (Wildman–Crippen LogP) is 3.89. The largest absolute Gasteiger partial charge is 0.483 e. The zero-order chi connectivity index (χ0) is 26.4. The number of carbonyl (C=O) groups excluding carboxylic acids is 2. The van der Waals surface area contributed by atoms with Gasteiger partial charge in [-0.15, -0.1) is 23.1 Å². The number of thioether (sulfide) groups is 1. The number of ether oxygens (including phenoxy) is 1. The van der Waals surface area contributed by atoms with Crippen molar-refractivity contribution >= 4 is 51.7 Å². The molecule has 1 fully saturated rings. The first-order valence-corrected chi connectivity index (χ1v) is 13.1. The minimum Gasteiger partial charge on any atom is -0.483 e. The standard InChI is InChI=1S/C25H19F2NO7S2/c1-11-5-18(30)35-21-15(11)8-17(26)22(19(21)27)34-9-12-10-37-24-16(23(31)28(24)20(12)25(32)33)7-13(29)6-14-3-2-4-36-14/h2-5,8,16,24H,6-7,9-10H2,1H3,(H,32,33). The van der Waals surface area contributed by atoms with Crippen molar-refractivity contribution in [1.82, 2.24) is 4.90 Å². The Morgan fingerprint density at radius 1 is 1.27 bits per heavy atom. The zero-order valence-corrected chi connectivity index (χ0v) is 20.9. The van der Waals surface area contributed by atoms with Crippen LogP contribution in [-0.2, 0) is 20.8 Å². The number of carboxylic acids is 1. The Morgan fingerprint density at radius 2 is 2.05 bits per heavy atom. The second-order valence-corrected chi connectivity index (χ2v) is 10.8. The van der Waals surface area contributed by atoms with Gasteiger partial charge in [0.05, 0.1) is 11.3 Å². The predicted molar refractivity (Wildman–Crippen MR) is 132 cm³/mol. The van der Waals surface area contributed by atoms with Crippen LogP contribution < -0.4 is 10.4 Å². The summed E-state index contributed by atoms with van der Waals surface area (Å²) in [4.78, 5) is 51.0. The number of Topliss-reactive ketones (excluding diaryl/α,β-unsaturated/α-hetero) is 1. The fourth-order valence-electron chi connectivity index (χ4n) is 4.51. The van der Waals surface area contributed by atoms with Crippen LogP contribution in [0.25, 0.3) is 11.0 Å². The van der Waals surface area contributed by atoms with Crippen LogP contribution in [0.2, 0.25) is 0 Å². The number of rotatable bonds is 8. The number of nitrogens with zero attached hydrogens (tertiary/aromatic N) is 1. The van der Waals surface area contributed by atoms with Crippen LogP contribution in [0.4, 0.5) is 8.78 Å². The van der Waals surface area contributed by atoms with Crippen molar-refractivity contribution in [2.45, 2.75) is 25.1 Å². The van der Waals surface area contributed by atoms with Gasteiger partial charge in [-0.3, -0.25) is 14.5 Å². The number of hydrogen-bond acceptors (Lipinski definition) is 8. The molecule has 1 amide bonds. The molecular weight excluding hydrogens is 528 g/mol. The molecule has 1 aromatic carbocycles. The topological polar surface area (TPSA) is 114 Å². The summed E-state index contributed by atoms with van der Waals surface area (Å²) < 4.78 is 39.9. The van der Waals surface area contributed by atoms with Gasteiger partial charge in [0.1, 0.15) is 18.1 Å². The summed E-state index contributed by atoms with van der Waals surface area (Å²) in [6.45, 7) is 0.994. The maximum atomic E-state index is 15.0. The minimum absolute atomic E-state index is 0.00175. The van der Waals surface area contributed by atoms with Gasteiger partial charge in [-0.1, -0.05) is 6.07 Å². The van der Waals surface area contributed by atoms with Crippen molar-refractivity contribution in [2.75, 3.05) is 12.4 Å². The average molecular weight is 548 g/mol. The van der Waals surface area contributed by atoms with E-state index in [4.69, 9.17) is 9.15 Å². The number of benzene rings is 1. The molecule has 192 valence electrons. The maximum Gasteiger partial charge on any atom is 0.352 e. The van der Waals surface area contributed by atoms with Crippen LogP contribution in [-0.4, -0.2) is 45.4 Å². The third kappa shape index (κ3) is 4.55. The molecule has 2 unspecified atom stereocenters. The average Bonchev–Trinajstić information content (AvgIpc) is 3.35. The fourth-order valence-corrected chi connectivity index (χ4v) is 6.64. The van der Waals surface area contributed by atoms with Crippen molar-refractivity contribution in [1.29, 1.82) is 0 Å². The Labute approximate surface area is 216 Å². The lowest BCUT2D eigenvalue weighted by Gasteiger charge is -2.49. The van der Waals surface area contributed by atoms with Crippen LogP contribution >= 0.6 is 23.1 Å². The number of fused-ring (bicyclic) bond motifs is 2. The highest BCUT2D eigenvalue weighted by atomic mass is 32.2. The monoisotopic (exact) mass is 547 g/mol. The maximum absolute atomic E-state index is 15.0. The van der Waals surface area contributed by atoms with E-state index in [1.165, 1.54) is 30.0 Å². The number of aliphatic carboxylic acids is 1. The van der Waals surface area contributed by atoms with Gasteiger partial charge < -0.3 is 14.3 Å². The molecule has 2 aromatic heterocycles. The molecule has 5 rings (SSSR count). The van der Waals surface area contributed by atoms with Crippen molar-refractivity contribution < 1.29 is 37.4 Å². The molecule has 2 aliphatic heterocycles. The van der Waals surface area contributed by atoms with Gasteiger partial charge in [-0.25, -0.2) is 14.0 Å². The smallest absolute Gasteiger partial charge is 0.352 e. The summed E-state index contributed by atoms with van der Waals surface area (Å²) in [5.41, 5.74) is -1.14. The lowest BCUT2D eigenvalue weighted by atomic mass is 9.89. The SMILES string of the molecule is Cc1cc(=O)oc2c(F)c(OCC3=C(C(=O)O)N4C(=O)C(CC(=O)Cc5cccs5)C4SC3)c(F)cc12. The fraction of sp³-hybridized carbons (Fsp3) is 0.280. The number of ketones is 1. The molecule has 1 saturated heterocycles. The number of thiophene rings is 1. The van der Waals surface area contributed by atoms with Gasteiger partial charge in [-0.2, -0.15) is 4.39 Å². The van der Waals surface area contributed by atoms with E-state index in [1.54, 1.807) is 0 Å². The minimum atomic E-state index is -1.39. The highest BCUT2D eigenvalue weighted by molar-refractivity contribution is 8.00. The van der Waals surface area contributed by atoms with Crippen LogP contribution in [0.15, 0.2) is 50.1 Å². The molecule has 0 spiro atoms. The van der Waals surface area contributed by atoms with E-state index < -0.39 is 58.4 Å². The molecule has 0 bridgehead atoms. The summed E-state index contributed by atoms with van der Waals surface area (Å²) in [6, 6.07) is 5.75. The van der Waals surface area contributed by atoms with E-state index in [0.29, 0.717) is 5.56 Å². The molecule has 0 saturated carbocycles. The number of hydrogen-bond donors (Lipinski definition) is 1. The van der Waals surface area contributed by atoms with Gasteiger partial charge in [0.25, 0.3) is 0 Å². The molecule has 3 aromatic rings. The summed E-state index contributed by atoms with van der Waals surface area (Å²) in [6.07, 6.45) is 0.212. The summed E-state index contributed by atoms with van der Waals surface area (Å²) >= 11 is 2.71. The summed E-state index contributed by atoms with van der Waals surface area (Å²) in [5, 5.41) is 11.2. The van der Waals surface area contributed by atoms with Gasteiger partial charge in [-0.05, 0) is 30.0 Å². The first-order valence-electron chi connectivity index (χ1n) is 11.1. The lowest BCUT2D eigenvalue weighted by Crippen LogP contribution is -2.62. The molecule has 0 radical (unpaired) electrons. The third-order valence-electron chi connectivity index (χ3n) is 6.24. The van der Waals surface area contributed by atoms with Gasteiger partial charge in [0.2, 0.25) is 11.7 Å². The van der Waals surface area contributed by atoms with E-state index in [2.05, 4.69) is 0 Å². The Bertz CT molecular complexity index is 1530. The van der Waals surface area contributed by atoms with Crippen LogP contribution in [0.5, 0.6) is 5.75 Å². The first-order chi connectivity index (χ1) is 17.7. The summed E-state index contributed by atoms with van der Waals surface area (Å²) in [7, 11) is 0. The molecule has 1 N–H and O–H groups in total. The van der Waals surface area contributed by atoms with E-state index in [-0.39, 0.29) is 41.0 Å². The molecule has 37 heavy (non-hydrogen) atoms. The van der Waals surface area contributed by atoms with Crippen LogP contribution in [0.3, 0.4) is 0 Å². The number of halogens is 2. The highest BCUT2D eigenvalue weighted by Gasteiger charge is 2.53. The number of aryl methyl sites for hydroxylation is 1. The molecule has 0 aliphatic carbocycles. The number of carbonyl (C=O) groups is 3. The van der Waals surface area contributed by atoms with Crippen molar-refractivity contribution in [2.24, 2.45) is 5.92 Å². The second kappa shape index (κ2) is 9.75. The van der Waals surface area contributed by atoms with Crippen molar-refractivity contribution in [3.8, 4) is 5.75 Å². The zero-order valence-electron chi connectivity index (χ0n) is 19.3. The molecule has 2 aliphatic rings. The van der Waals surface area contributed by atoms with Crippen molar-refractivity contribution in [3.63, 3.8) is 0 Å². The molecule has 2 atom stereocenters. The van der Waals surface area contributed by atoms with Gasteiger partial charge in [0, 0.05) is 40.5 Å². The number of amides is 1. The van der Waals surface area contributed by atoms with E-state index in [9.17, 15) is 33.1 Å². The van der Waals surface area contributed by atoms with E-state index in [0.717, 1.165) is 21.9 Å². The molecule has 12 heteroatoms. The number of carboxylic acid groups (broad SMARTS) is 1. The third-order valence-corrected chi connectivity index (χ3v) is 8.52. The lowest BCUT2D eigenvalue weighted by molar-refractivity contribution is -0.154. The summed E-state index contributed by atoms with van der Waals surface area (Å²) in [5.74, 6) is -5.61. The van der Waals surface area contributed by atoms with E-state index in [1.807, 2.05) is 17.5 Å². The van der Waals surface area contributed by atoms with Crippen LogP contribution in [0, 0.1) is 24.5 Å². The van der Waals surface area contributed by atoms with Crippen molar-refractivity contribution in [3.05, 3.63) is 73.4 Å². The normalized spacial score (nSPS) is 19.1. The molecule has 8 nitrogen and oxygen atoms in total. The number of β-lactam (4-membered cyclic amide) rings is 1. The van der Waals surface area contributed by atoms with Gasteiger partial charge in [0.15, 0.2) is 17.1 Å². The quantitative estimate of drug-likeness (QED) is 0.334. The van der Waals surface area contributed by atoms with Gasteiger partial charge >= 0.3 is 11.6 Å². The second-order valence-electron chi connectivity index (χ2n) is 8.69. The Hall–Kier alpha value is -3.51. The Morgan fingerprint density at radius 3 is 2.76 bits per heavy atom. The Balaban J connectivity index is 1.35. The van der Waals surface area contributed by atoms with Crippen LogP contribution in [0.1, 0.15) is 16.9 Å². The molecule has 4 heterocycles. The molecular formula is C25H19F2NO7S2. The highest BCUT2D eigenvalue weighted by Crippen LogP contribution is 2.45.